The largest absolute Gasteiger partial charge is 0.540 e. The molecule has 3 N–H and O–H groups in total. The van der Waals surface area contributed by atoms with Crippen LogP contribution in [0.5, 0.6) is 34.9 Å². The van der Waals surface area contributed by atoms with Gasteiger partial charge in [0.2, 0.25) is 35.4 Å². The Kier molecular flexibility index (Phi) is 34.1. The summed E-state index contributed by atoms with van der Waals surface area (Å²) < 4.78 is 53.9. The van der Waals surface area contributed by atoms with Crippen molar-refractivity contribution in [2.24, 2.45) is 63.6 Å². The predicted octanol–water partition coefficient (Wildman–Crippen LogP) is 16.0. The van der Waals surface area contributed by atoms with Crippen molar-refractivity contribution < 1.29 is 141 Å². The summed E-state index contributed by atoms with van der Waals surface area (Å²) in [6.07, 6.45) is 24.0. The molecule has 6 aliphatic heterocycles. The van der Waals surface area contributed by atoms with Gasteiger partial charge in [0.15, 0.2) is 0 Å². The van der Waals surface area contributed by atoms with Gasteiger partial charge in [0.25, 0.3) is 0 Å². The number of methoxy groups -OCH3 is 3. The summed E-state index contributed by atoms with van der Waals surface area (Å²) in [5.41, 5.74) is 2.96. The summed E-state index contributed by atoms with van der Waals surface area (Å²) in [6, 6.07) is 18.8. The molecular formula is C100H132N9O18V3-3. The van der Waals surface area contributed by atoms with Crippen LogP contribution in [0.3, 0.4) is 0 Å². The van der Waals surface area contributed by atoms with Crippen molar-refractivity contribution in [3.05, 3.63) is 89.5 Å². The number of amides is 6. The zero-order valence-electron chi connectivity index (χ0n) is 78.4. The SMILES string of the molecule is CC[C@@H]1[C@@H]2CN(C(=O)[C@H](C(C)(C)C)NC(=O)O[C@@H]3CCC[C@H]3CCCCCc3cc4ccc(OC)cc4nc3O2)[C@@H]1[C-]=O.COc1ccc2cc3c(nc2c1)O[C@H]1CN(C(=O)[C@H](C(C)(C)C)NC(=O)O[C@@H]2CC4CC4[C@H]2CCCCC3)[C@H]([C-]=O)[C@@H]1C.COc1ccc2cc3c(nc2c1)O[C@H]1CN(C(=O)[C@H](C(C)(C)C)NC(=O)O[C@]2(C)C[C@H]2CCCCC3)[C@H]([C-]=O)[C@@H]1C.[V].[V].[V]. The Hall–Kier alpha value is -8.33. The summed E-state index contributed by atoms with van der Waals surface area (Å²) in [5, 5.41) is 11.6. The van der Waals surface area contributed by atoms with E-state index in [4.69, 9.17) is 57.6 Å². The maximum absolute atomic E-state index is 14.1. The van der Waals surface area contributed by atoms with Crippen LogP contribution in [0.1, 0.15) is 229 Å². The first-order chi connectivity index (χ1) is 60.6. The van der Waals surface area contributed by atoms with Gasteiger partial charge in [-0.15, -0.1) is 0 Å². The molecule has 3 radical (unpaired) electrons. The number of hydrogen-bond acceptors (Lipinski definition) is 21. The van der Waals surface area contributed by atoms with Crippen LogP contribution in [0.4, 0.5) is 14.4 Å². The molecule has 3 aromatic heterocycles. The summed E-state index contributed by atoms with van der Waals surface area (Å²) in [5.74, 6) is 4.06. The molecular weight excluding hydrogens is 1770 g/mol. The fraction of sp³-hybridized carbons (Fsp3) is 0.640. The number of carbonyl (C=O) groups excluding carboxylic acids is 9. The number of aromatic nitrogens is 3. The number of nitrogens with zero attached hydrogens (tertiary/aromatic N) is 6. The van der Waals surface area contributed by atoms with Gasteiger partial charge >= 0.3 is 18.3 Å². The molecule has 4 saturated carbocycles. The van der Waals surface area contributed by atoms with E-state index in [1.54, 1.807) is 21.3 Å². The van der Waals surface area contributed by atoms with E-state index in [2.05, 4.69) is 53.0 Å². The van der Waals surface area contributed by atoms with E-state index in [-0.39, 0.29) is 123 Å². The van der Waals surface area contributed by atoms with Crippen molar-refractivity contribution in [1.29, 1.82) is 0 Å². The minimum Gasteiger partial charge on any atom is -0.540 e. The molecule has 0 spiro atoms. The van der Waals surface area contributed by atoms with Gasteiger partial charge in [0.05, 0.1) is 57.5 Å². The first-order valence-corrected chi connectivity index (χ1v) is 46.5. The molecule has 16 rings (SSSR count). The molecule has 3 saturated heterocycles. The Morgan fingerprint density at radius 2 is 0.815 bits per heavy atom. The van der Waals surface area contributed by atoms with Crippen LogP contribution < -0.4 is 44.4 Å². The summed E-state index contributed by atoms with van der Waals surface area (Å²) >= 11 is 0. The molecule has 20 atom stereocenters. The van der Waals surface area contributed by atoms with Crippen molar-refractivity contribution in [3.8, 4) is 34.9 Å². The summed E-state index contributed by atoms with van der Waals surface area (Å²) in [4.78, 5) is 138. The molecule has 9 heterocycles. The number of rotatable bonds is 7. The Morgan fingerprint density at radius 3 is 1.23 bits per heavy atom. The maximum Gasteiger partial charge on any atom is 0.408 e. The summed E-state index contributed by atoms with van der Waals surface area (Å²) in [6.45, 7) is 25.4. The number of alkyl carbamates (subject to hydrolysis) is 3. The van der Waals surface area contributed by atoms with E-state index in [0.29, 0.717) is 70.9 Å². The van der Waals surface area contributed by atoms with Crippen LogP contribution in [0.25, 0.3) is 32.7 Å². The van der Waals surface area contributed by atoms with Gasteiger partial charge in [0, 0.05) is 113 Å². The van der Waals surface area contributed by atoms with Gasteiger partial charge in [-0.25, -0.2) is 48.2 Å². The van der Waals surface area contributed by atoms with E-state index in [1.807, 2.05) is 145 Å². The first-order valence-electron chi connectivity index (χ1n) is 46.5. The van der Waals surface area contributed by atoms with Crippen molar-refractivity contribution >= 4 is 87.6 Å². The number of carbonyl (C=O) groups is 6. The zero-order chi connectivity index (χ0) is 90.7. The third-order valence-electron chi connectivity index (χ3n) is 28.8. The standard InChI is InChI=1S/C34H44N3O6.C34H46N3O6.C32H42N3O6.3V/c1-19-27(18-38)37-17-29(19)42-31-21(13-20-11-12-23(41-5)16-26(20)35-31)9-7-6-8-10-24-25-14-22(25)15-28(24)43-33(40)36-30(32(37)39)34(2,3)4;1-6-25-27(20-38)37-19-29(25)42-31-23(17-22-15-16-24(41-5)18-26(22)35-31)12-9-7-8-11-21-13-10-14-28(21)43-33(40)36-30(32(37)39)34(2,3)4;1-19-25(18-36)35-17-26(19)40-28-21(14-20-12-13-23(39-6)15-24(20)33-28)10-8-7-9-11-22-16-32(22,5)41-30(38)34-27(29(35)37)31(2,3)4;;;/h11-13,16,19,22,24-25,27-30H,6-10,14-15,17H2,1-5H3,(H,36,40);15-18,21,25,27-30H,6-14,19H2,1-5H3,(H,36,40);12-15,19,22,25-27H,7-11,16-17H2,1-6H3,(H,34,38);;;/q3*-1;;;/t19-,22?,24+,25?,27+,28+,29-,30+;21-,25+,27-,28-,29+,30-;19-,22+,25+,26-,27+,32+;;;/m010.../s1. The number of fused-ring (bicyclic) bond motifs is 17. The monoisotopic (exact) mass is 1900 g/mol. The zero-order valence-corrected chi connectivity index (χ0v) is 82.6. The molecule has 703 valence electrons. The number of nitrogens with one attached hydrogen (secondary N) is 3. The van der Waals surface area contributed by atoms with E-state index >= 15 is 0 Å². The second kappa shape index (κ2) is 43.3. The molecule has 4 aliphatic carbocycles. The van der Waals surface area contributed by atoms with Crippen molar-refractivity contribution in [1.82, 2.24) is 45.6 Å². The molecule has 27 nitrogen and oxygen atoms in total. The minimum absolute atomic E-state index is 0. The molecule has 6 amide bonds. The molecule has 6 aromatic rings. The van der Waals surface area contributed by atoms with Crippen LogP contribution in [-0.4, -0.2) is 198 Å². The Labute approximate surface area is 801 Å². The second-order valence-electron chi connectivity index (χ2n) is 40.8. The van der Waals surface area contributed by atoms with Gasteiger partial charge in [0.1, 0.15) is 71.5 Å². The van der Waals surface area contributed by atoms with Gasteiger partial charge < -0.3 is 87.7 Å². The molecule has 7 fully saturated rings. The Bertz CT molecular complexity index is 5020. The number of pyridine rings is 3. The van der Waals surface area contributed by atoms with E-state index in [1.165, 1.54) is 21.1 Å². The normalized spacial score (nSPS) is 30.4. The maximum atomic E-state index is 14.1. The van der Waals surface area contributed by atoms with Crippen LogP contribution in [0.2, 0.25) is 0 Å². The number of benzene rings is 3. The van der Waals surface area contributed by atoms with E-state index < -0.39 is 94.7 Å². The van der Waals surface area contributed by atoms with Gasteiger partial charge in [-0.05, 0) is 216 Å². The fourth-order valence-electron chi connectivity index (χ4n) is 20.9. The van der Waals surface area contributed by atoms with E-state index in [0.717, 1.165) is 178 Å². The third-order valence-corrected chi connectivity index (χ3v) is 28.8. The van der Waals surface area contributed by atoms with Gasteiger partial charge in [-0.2, -0.15) is 0 Å². The Balaban J connectivity index is 0.000000186. The van der Waals surface area contributed by atoms with Crippen molar-refractivity contribution in [2.75, 3.05) is 41.0 Å². The van der Waals surface area contributed by atoms with Crippen LogP contribution in [0, 0.1) is 63.6 Å². The molecule has 10 aliphatic rings. The van der Waals surface area contributed by atoms with Crippen molar-refractivity contribution in [2.45, 2.75) is 304 Å². The summed E-state index contributed by atoms with van der Waals surface area (Å²) in [7, 11) is 4.88. The van der Waals surface area contributed by atoms with Gasteiger partial charge in [-0.1, -0.05) is 146 Å². The average molecular weight is 1900 g/mol. The van der Waals surface area contributed by atoms with Crippen LogP contribution in [0.15, 0.2) is 72.8 Å². The first kappa shape index (κ1) is 102. The average Bonchev–Trinajstić information content (AvgIpc) is 1.64. The van der Waals surface area contributed by atoms with Crippen LogP contribution in [-0.2, 0) is 118 Å². The molecule has 6 bridgehead atoms. The Morgan fingerprint density at radius 1 is 0.431 bits per heavy atom. The van der Waals surface area contributed by atoms with Gasteiger partial charge in [-0.3, -0.25) is 14.4 Å². The predicted molar refractivity (Wildman–Crippen MR) is 480 cm³/mol. The molecule has 30 heteroatoms. The van der Waals surface area contributed by atoms with E-state index in [9.17, 15) is 43.2 Å². The second-order valence-corrected chi connectivity index (χ2v) is 40.8. The van der Waals surface area contributed by atoms with Crippen LogP contribution >= 0.6 is 0 Å². The fourth-order valence-corrected chi connectivity index (χ4v) is 20.9. The topological polar surface area (TPSA) is 321 Å². The quantitative estimate of drug-likeness (QED) is 0.0987. The third kappa shape index (κ3) is 23.3. The number of ether oxygens (including phenoxy) is 9. The smallest absolute Gasteiger partial charge is 0.408 e. The molecule has 3 aromatic carbocycles. The minimum atomic E-state index is -0.890. The molecule has 2 unspecified atom stereocenters. The molecule has 130 heavy (non-hydrogen) atoms. The number of hydrogen-bond donors (Lipinski definition) is 3. The number of aryl methyl sites for hydroxylation is 3. The van der Waals surface area contributed by atoms with Crippen molar-refractivity contribution in [3.63, 3.8) is 0 Å².